The summed E-state index contributed by atoms with van der Waals surface area (Å²) in [4.78, 5) is 25.4. The molecule has 0 bridgehead atoms. The molecule has 6 nitrogen and oxygen atoms in total. The number of rotatable bonds is 5. The molecule has 24 heavy (non-hydrogen) atoms. The SMILES string of the molecule is CNC(=O)C[C@@H]1CN(C(=O)NCc2ccccc2C2CC2)C[C@H]1O. The second-order valence-corrected chi connectivity index (χ2v) is 6.74. The molecule has 0 spiro atoms. The van der Waals surface area contributed by atoms with Crippen LogP contribution in [0.4, 0.5) is 4.79 Å². The Balaban J connectivity index is 1.53. The molecule has 1 saturated heterocycles. The van der Waals surface area contributed by atoms with E-state index in [4.69, 9.17) is 0 Å². The maximum absolute atomic E-state index is 12.4. The number of hydrogen-bond acceptors (Lipinski definition) is 3. The Kier molecular flexibility index (Phi) is 5.04. The Morgan fingerprint density at radius 3 is 2.71 bits per heavy atom. The van der Waals surface area contributed by atoms with Gasteiger partial charge in [0.25, 0.3) is 0 Å². The highest BCUT2D eigenvalue weighted by Gasteiger charge is 2.35. The molecule has 2 atom stereocenters. The van der Waals surface area contributed by atoms with Crippen LogP contribution in [0.25, 0.3) is 0 Å². The van der Waals surface area contributed by atoms with Gasteiger partial charge in [0.2, 0.25) is 5.91 Å². The molecule has 1 aliphatic carbocycles. The molecule has 1 aromatic rings. The van der Waals surface area contributed by atoms with Gasteiger partial charge in [0, 0.05) is 39.0 Å². The van der Waals surface area contributed by atoms with Crippen molar-refractivity contribution < 1.29 is 14.7 Å². The molecule has 3 amide bonds. The third-order valence-corrected chi connectivity index (χ3v) is 4.92. The zero-order valence-corrected chi connectivity index (χ0v) is 14.0. The number of amides is 3. The number of carbonyl (C=O) groups excluding carboxylic acids is 2. The molecule has 0 radical (unpaired) electrons. The molecule has 1 aromatic carbocycles. The van der Waals surface area contributed by atoms with Crippen LogP contribution in [0, 0.1) is 5.92 Å². The van der Waals surface area contributed by atoms with Crippen molar-refractivity contribution in [1.82, 2.24) is 15.5 Å². The summed E-state index contributed by atoms with van der Waals surface area (Å²) in [6.45, 7) is 1.18. The fourth-order valence-corrected chi connectivity index (χ4v) is 3.33. The standard InChI is InChI=1S/C18H25N3O3/c1-19-17(23)8-14-10-21(11-16(14)22)18(24)20-9-13-4-2-3-5-15(13)12-6-7-12/h2-5,12,14,16,22H,6-11H2,1H3,(H,19,23)(H,20,24)/t14-,16-/m1/s1. The van der Waals surface area contributed by atoms with Gasteiger partial charge in [-0.25, -0.2) is 4.79 Å². The summed E-state index contributed by atoms with van der Waals surface area (Å²) in [7, 11) is 1.57. The predicted octanol–water partition coefficient (Wildman–Crippen LogP) is 1.20. The summed E-state index contributed by atoms with van der Waals surface area (Å²) in [5.74, 6) is 0.331. The topological polar surface area (TPSA) is 81.7 Å². The number of nitrogens with zero attached hydrogens (tertiary/aromatic N) is 1. The maximum Gasteiger partial charge on any atom is 0.317 e. The van der Waals surface area contributed by atoms with Gasteiger partial charge in [-0.1, -0.05) is 24.3 Å². The number of aliphatic hydroxyl groups is 1. The molecule has 6 heteroatoms. The lowest BCUT2D eigenvalue weighted by Gasteiger charge is -2.18. The van der Waals surface area contributed by atoms with Crippen molar-refractivity contribution in [3.8, 4) is 0 Å². The van der Waals surface area contributed by atoms with E-state index in [9.17, 15) is 14.7 Å². The van der Waals surface area contributed by atoms with Gasteiger partial charge >= 0.3 is 6.03 Å². The van der Waals surface area contributed by atoms with Crippen LogP contribution in [0.1, 0.15) is 36.3 Å². The molecule has 0 unspecified atom stereocenters. The van der Waals surface area contributed by atoms with Crippen molar-refractivity contribution in [3.05, 3.63) is 35.4 Å². The number of hydrogen-bond donors (Lipinski definition) is 3. The molecule has 0 aromatic heterocycles. The monoisotopic (exact) mass is 331 g/mol. The van der Waals surface area contributed by atoms with Crippen LogP contribution >= 0.6 is 0 Å². The summed E-state index contributed by atoms with van der Waals surface area (Å²) < 4.78 is 0. The number of urea groups is 1. The highest BCUT2D eigenvalue weighted by Crippen LogP contribution is 2.41. The smallest absolute Gasteiger partial charge is 0.317 e. The molecular formula is C18H25N3O3. The van der Waals surface area contributed by atoms with Crippen molar-refractivity contribution in [3.63, 3.8) is 0 Å². The van der Waals surface area contributed by atoms with Gasteiger partial charge in [0.1, 0.15) is 0 Å². The first-order valence-corrected chi connectivity index (χ1v) is 8.57. The van der Waals surface area contributed by atoms with Gasteiger partial charge in [-0.2, -0.15) is 0 Å². The van der Waals surface area contributed by atoms with E-state index in [0.717, 1.165) is 5.56 Å². The molecule has 2 aliphatic rings. The van der Waals surface area contributed by atoms with Crippen molar-refractivity contribution in [2.75, 3.05) is 20.1 Å². The maximum atomic E-state index is 12.4. The zero-order chi connectivity index (χ0) is 17.1. The van der Waals surface area contributed by atoms with Crippen LogP contribution in [0.3, 0.4) is 0 Å². The summed E-state index contributed by atoms with van der Waals surface area (Å²) in [5, 5.41) is 15.6. The molecule has 3 N–H and O–H groups in total. The molecule has 130 valence electrons. The fourth-order valence-electron chi connectivity index (χ4n) is 3.33. The predicted molar refractivity (Wildman–Crippen MR) is 90.4 cm³/mol. The normalized spacial score (nSPS) is 23.2. The quantitative estimate of drug-likeness (QED) is 0.758. The molecule has 1 aliphatic heterocycles. The Morgan fingerprint density at radius 2 is 2.00 bits per heavy atom. The zero-order valence-electron chi connectivity index (χ0n) is 14.0. The van der Waals surface area contributed by atoms with E-state index < -0.39 is 6.10 Å². The summed E-state index contributed by atoms with van der Waals surface area (Å²) >= 11 is 0. The van der Waals surface area contributed by atoms with Gasteiger partial charge in [-0.15, -0.1) is 0 Å². The number of nitrogens with one attached hydrogen (secondary N) is 2. The van der Waals surface area contributed by atoms with E-state index in [1.165, 1.54) is 18.4 Å². The van der Waals surface area contributed by atoms with E-state index >= 15 is 0 Å². The van der Waals surface area contributed by atoms with E-state index in [2.05, 4.69) is 22.8 Å². The van der Waals surface area contributed by atoms with E-state index in [-0.39, 0.29) is 30.8 Å². The Labute approximate surface area is 142 Å². The Hall–Kier alpha value is -2.08. The number of carbonyl (C=O) groups is 2. The van der Waals surface area contributed by atoms with Crippen molar-refractivity contribution in [2.24, 2.45) is 5.92 Å². The van der Waals surface area contributed by atoms with Crippen molar-refractivity contribution in [2.45, 2.75) is 37.8 Å². The second-order valence-electron chi connectivity index (χ2n) is 6.74. The minimum Gasteiger partial charge on any atom is -0.391 e. The number of likely N-dealkylation sites (tertiary alicyclic amines) is 1. The van der Waals surface area contributed by atoms with E-state index in [0.29, 0.717) is 19.0 Å². The molecule has 1 saturated carbocycles. The third kappa shape index (κ3) is 3.87. The molecule has 2 fully saturated rings. The largest absolute Gasteiger partial charge is 0.391 e. The lowest BCUT2D eigenvalue weighted by atomic mass is 10.0. The highest BCUT2D eigenvalue weighted by molar-refractivity contribution is 5.77. The summed E-state index contributed by atoms with van der Waals surface area (Å²) in [6.07, 6.45) is 2.05. The molecule has 1 heterocycles. The number of aliphatic hydroxyl groups excluding tert-OH is 1. The van der Waals surface area contributed by atoms with Gasteiger partial charge in [-0.3, -0.25) is 4.79 Å². The van der Waals surface area contributed by atoms with Crippen LogP contribution < -0.4 is 10.6 Å². The third-order valence-electron chi connectivity index (χ3n) is 4.92. The lowest BCUT2D eigenvalue weighted by Crippen LogP contribution is -2.38. The summed E-state index contributed by atoms with van der Waals surface area (Å²) in [5.41, 5.74) is 2.49. The van der Waals surface area contributed by atoms with Gasteiger partial charge in [-0.05, 0) is 29.9 Å². The number of benzene rings is 1. The summed E-state index contributed by atoms with van der Waals surface area (Å²) in [6, 6.07) is 8.05. The highest BCUT2D eigenvalue weighted by atomic mass is 16.3. The first-order valence-electron chi connectivity index (χ1n) is 8.57. The number of β-amino-alcohol motifs (C(OH)–C–C–N with tert-alkyl or cyclic N) is 1. The van der Waals surface area contributed by atoms with Crippen molar-refractivity contribution >= 4 is 11.9 Å². The van der Waals surface area contributed by atoms with Gasteiger partial charge in [0.05, 0.1) is 6.10 Å². The average Bonchev–Trinajstić information content (AvgIpc) is 3.37. The van der Waals surface area contributed by atoms with Gasteiger partial charge < -0.3 is 20.6 Å². The first-order chi connectivity index (χ1) is 11.6. The van der Waals surface area contributed by atoms with Crippen molar-refractivity contribution in [1.29, 1.82) is 0 Å². The van der Waals surface area contributed by atoms with Crippen LogP contribution in [0.2, 0.25) is 0 Å². The Morgan fingerprint density at radius 1 is 1.25 bits per heavy atom. The minimum atomic E-state index is -0.646. The van der Waals surface area contributed by atoms with Crippen LogP contribution in [0.5, 0.6) is 0 Å². The lowest BCUT2D eigenvalue weighted by molar-refractivity contribution is -0.122. The van der Waals surface area contributed by atoms with Gasteiger partial charge in [0.15, 0.2) is 0 Å². The Bertz CT molecular complexity index is 615. The second kappa shape index (κ2) is 7.21. The van der Waals surface area contributed by atoms with Crippen LogP contribution in [-0.4, -0.2) is 48.2 Å². The first kappa shape index (κ1) is 16.8. The molecular weight excluding hydrogens is 306 g/mol. The van der Waals surface area contributed by atoms with E-state index in [1.807, 2.05) is 12.1 Å². The minimum absolute atomic E-state index is 0.111. The fraction of sp³-hybridized carbons (Fsp3) is 0.556. The average molecular weight is 331 g/mol. The van der Waals surface area contributed by atoms with Crippen LogP contribution in [0.15, 0.2) is 24.3 Å². The van der Waals surface area contributed by atoms with E-state index in [1.54, 1.807) is 11.9 Å². The van der Waals surface area contributed by atoms with Crippen LogP contribution in [-0.2, 0) is 11.3 Å². The molecule has 3 rings (SSSR count).